The van der Waals surface area contributed by atoms with E-state index >= 15 is 0 Å². The predicted octanol–water partition coefficient (Wildman–Crippen LogP) is 3.58. The van der Waals surface area contributed by atoms with Crippen molar-refractivity contribution in [3.05, 3.63) is 41.0 Å². The minimum atomic E-state index is 0. The largest absolute Gasteiger partial charge is 0.490 e. The maximum atomic E-state index is 6.10. The molecule has 2 aromatic rings. The Morgan fingerprint density at radius 3 is 2.79 bits per heavy atom. The third kappa shape index (κ3) is 6.32. The smallest absolute Gasteiger partial charge is 0.191 e. The Hall–Kier alpha value is -1.84. The zero-order valence-electron chi connectivity index (χ0n) is 17.9. The normalized spacial score (nSPS) is 14.6. The molecule has 0 bridgehead atoms. The van der Waals surface area contributed by atoms with Crippen LogP contribution in [0.4, 0.5) is 0 Å². The van der Waals surface area contributed by atoms with Crippen molar-refractivity contribution in [1.82, 2.24) is 25.4 Å². The van der Waals surface area contributed by atoms with Gasteiger partial charge < -0.3 is 19.9 Å². The fourth-order valence-electron chi connectivity index (χ4n) is 3.28. The van der Waals surface area contributed by atoms with E-state index < -0.39 is 0 Å². The number of benzene rings is 1. The molecule has 3 rings (SSSR count). The highest BCUT2D eigenvalue weighted by Crippen LogP contribution is 2.22. The number of hydrogen-bond acceptors (Lipinski definition) is 4. The molecule has 0 fully saturated rings. The van der Waals surface area contributed by atoms with Gasteiger partial charge in [-0.05, 0) is 44.7 Å². The Bertz CT molecular complexity index is 819. The highest BCUT2D eigenvalue weighted by atomic mass is 127. The zero-order valence-corrected chi connectivity index (χ0v) is 20.2. The summed E-state index contributed by atoms with van der Waals surface area (Å²) in [4.78, 5) is 4.34. The summed E-state index contributed by atoms with van der Waals surface area (Å²) >= 11 is 0. The molecular formula is C21H33IN6O. The van der Waals surface area contributed by atoms with Crippen LogP contribution < -0.4 is 15.4 Å². The van der Waals surface area contributed by atoms with Crippen molar-refractivity contribution in [3.8, 4) is 5.75 Å². The molecule has 0 spiro atoms. The Morgan fingerprint density at radius 1 is 1.24 bits per heavy atom. The molecule has 2 heterocycles. The Kier molecular flexibility index (Phi) is 9.19. The lowest BCUT2D eigenvalue weighted by atomic mass is 10.1. The number of aryl methyl sites for hydroxylation is 2. The molecule has 1 aromatic heterocycles. The standard InChI is InChI=1S/C21H32N6O.HI/c1-5-16(3)28-18-12-15(2)9-10-17(18)13-23-21(22-4)24-14-20-26-25-19-8-6-7-11-27(19)20;/h9-10,12,16H,5-8,11,13-14H2,1-4H3,(H2,22,23,24);1H. The number of guanidine groups is 1. The summed E-state index contributed by atoms with van der Waals surface area (Å²) in [7, 11) is 1.78. The van der Waals surface area contributed by atoms with Crippen LogP contribution in [0.2, 0.25) is 0 Å². The van der Waals surface area contributed by atoms with Crippen LogP contribution in [-0.2, 0) is 26.1 Å². The zero-order chi connectivity index (χ0) is 19.9. The van der Waals surface area contributed by atoms with Crippen LogP contribution in [0.1, 0.15) is 55.9 Å². The lowest BCUT2D eigenvalue weighted by molar-refractivity contribution is 0.215. The second kappa shape index (κ2) is 11.4. The minimum absolute atomic E-state index is 0. The number of aliphatic imine (C=N–C) groups is 1. The average Bonchev–Trinajstić information content (AvgIpc) is 3.12. The van der Waals surface area contributed by atoms with E-state index in [1.165, 1.54) is 18.4 Å². The lowest BCUT2D eigenvalue weighted by Gasteiger charge is -2.18. The second-order valence-electron chi connectivity index (χ2n) is 7.37. The maximum absolute atomic E-state index is 6.10. The fourth-order valence-corrected chi connectivity index (χ4v) is 3.28. The highest BCUT2D eigenvalue weighted by Gasteiger charge is 2.16. The second-order valence-corrected chi connectivity index (χ2v) is 7.37. The number of nitrogens with zero attached hydrogens (tertiary/aromatic N) is 4. The first-order valence-corrected chi connectivity index (χ1v) is 10.2. The molecule has 1 aliphatic heterocycles. The van der Waals surface area contributed by atoms with Crippen molar-refractivity contribution in [2.24, 2.45) is 4.99 Å². The van der Waals surface area contributed by atoms with Crippen LogP contribution in [-0.4, -0.2) is 33.9 Å². The monoisotopic (exact) mass is 512 g/mol. The molecule has 0 aliphatic carbocycles. The van der Waals surface area contributed by atoms with Crippen molar-refractivity contribution in [3.63, 3.8) is 0 Å². The van der Waals surface area contributed by atoms with Gasteiger partial charge in [-0.3, -0.25) is 4.99 Å². The first-order valence-electron chi connectivity index (χ1n) is 10.2. The molecule has 1 unspecified atom stereocenters. The van der Waals surface area contributed by atoms with Gasteiger partial charge in [0.15, 0.2) is 11.8 Å². The third-order valence-corrected chi connectivity index (χ3v) is 5.15. The fraction of sp³-hybridized carbons (Fsp3) is 0.571. The summed E-state index contributed by atoms with van der Waals surface area (Å²) in [6, 6.07) is 6.32. The molecule has 2 N–H and O–H groups in total. The van der Waals surface area contributed by atoms with E-state index in [1.807, 2.05) is 0 Å². The van der Waals surface area contributed by atoms with Gasteiger partial charge in [0.2, 0.25) is 0 Å². The van der Waals surface area contributed by atoms with E-state index in [0.29, 0.717) is 13.1 Å². The molecule has 160 valence electrons. The van der Waals surface area contributed by atoms with Crippen LogP contribution in [0.3, 0.4) is 0 Å². The average molecular weight is 512 g/mol. The quantitative estimate of drug-likeness (QED) is 0.337. The molecule has 1 aromatic carbocycles. The summed E-state index contributed by atoms with van der Waals surface area (Å²) in [5.74, 6) is 3.73. The third-order valence-electron chi connectivity index (χ3n) is 5.15. The number of ether oxygens (including phenoxy) is 1. The van der Waals surface area contributed by atoms with Gasteiger partial charge in [-0.15, -0.1) is 34.2 Å². The molecule has 29 heavy (non-hydrogen) atoms. The number of halogens is 1. The minimum Gasteiger partial charge on any atom is -0.490 e. The van der Waals surface area contributed by atoms with Gasteiger partial charge in [0.1, 0.15) is 11.6 Å². The molecule has 1 aliphatic rings. The summed E-state index contributed by atoms with van der Waals surface area (Å²) in [5.41, 5.74) is 2.31. The summed E-state index contributed by atoms with van der Waals surface area (Å²) in [6.45, 7) is 8.57. The number of nitrogens with one attached hydrogen (secondary N) is 2. The van der Waals surface area contributed by atoms with Gasteiger partial charge >= 0.3 is 0 Å². The molecule has 0 radical (unpaired) electrons. The number of hydrogen-bond donors (Lipinski definition) is 2. The Balaban J connectivity index is 0.00000300. The van der Waals surface area contributed by atoms with Gasteiger partial charge in [-0.1, -0.05) is 19.1 Å². The van der Waals surface area contributed by atoms with Crippen molar-refractivity contribution in [2.45, 2.75) is 72.2 Å². The molecule has 1 atom stereocenters. The van der Waals surface area contributed by atoms with Crippen LogP contribution in [0.25, 0.3) is 0 Å². The first-order chi connectivity index (χ1) is 13.6. The van der Waals surface area contributed by atoms with Crippen LogP contribution >= 0.6 is 24.0 Å². The van der Waals surface area contributed by atoms with E-state index in [-0.39, 0.29) is 30.1 Å². The van der Waals surface area contributed by atoms with E-state index in [0.717, 1.165) is 48.3 Å². The van der Waals surface area contributed by atoms with Crippen LogP contribution in [0, 0.1) is 6.92 Å². The lowest BCUT2D eigenvalue weighted by Crippen LogP contribution is -2.37. The highest BCUT2D eigenvalue weighted by molar-refractivity contribution is 14.0. The van der Waals surface area contributed by atoms with Gasteiger partial charge in [0.25, 0.3) is 0 Å². The first kappa shape index (κ1) is 23.4. The Morgan fingerprint density at radius 2 is 2.03 bits per heavy atom. The number of fused-ring (bicyclic) bond motifs is 1. The molecule has 7 nitrogen and oxygen atoms in total. The van der Waals surface area contributed by atoms with Gasteiger partial charge in [-0.25, -0.2) is 0 Å². The van der Waals surface area contributed by atoms with E-state index in [9.17, 15) is 0 Å². The number of aromatic nitrogens is 3. The van der Waals surface area contributed by atoms with Crippen molar-refractivity contribution >= 4 is 29.9 Å². The maximum Gasteiger partial charge on any atom is 0.191 e. The van der Waals surface area contributed by atoms with Gasteiger partial charge in [-0.2, -0.15) is 0 Å². The van der Waals surface area contributed by atoms with Crippen LogP contribution in [0.5, 0.6) is 5.75 Å². The molecule has 0 saturated heterocycles. The van der Waals surface area contributed by atoms with Crippen LogP contribution in [0.15, 0.2) is 23.2 Å². The molecular weight excluding hydrogens is 479 g/mol. The molecule has 8 heteroatoms. The summed E-state index contributed by atoms with van der Waals surface area (Å²) in [5, 5.41) is 15.4. The summed E-state index contributed by atoms with van der Waals surface area (Å²) < 4.78 is 8.32. The Labute approximate surface area is 190 Å². The topological polar surface area (TPSA) is 76.4 Å². The molecule has 0 amide bonds. The van der Waals surface area contributed by atoms with Gasteiger partial charge in [0, 0.05) is 32.1 Å². The van der Waals surface area contributed by atoms with Crippen molar-refractivity contribution in [2.75, 3.05) is 7.05 Å². The summed E-state index contributed by atoms with van der Waals surface area (Å²) in [6.07, 6.45) is 4.58. The van der Waals surface area contributed by atoms with E-state index in [1.54, 1.807) is 7.05 Å². The molecule has 0 saturated carbocycles. The van der Waals surface area contributed by atoms with Crippen molar-refractivity contribution in [1.29, 1.82) is 0 Å². The SMILES string of the molecule is CCC(C)Oc1cc(C)ccc1CNC(=NC)NCc1nnc2n1CCCC2.I. The van der Waals surface area contributed by atoms with Gasteiger partial charge in [0.05, 0.1) is 12.6 Å². The number of rotatable bonds is 7. The van der Waals surface area contributed by atoms with Crippen molar-refractivity contribution < 1.29 is 4.74 Å². The van der Waals surface area contributed by atoms with E-state index in [4.69, 9.17) is 4.74 Å². The van der Waals surface area contributed by atoms with E-state index in [2.05, 4.69) is 69.4 Å². The predicted molar refractivity (Wildman–Crippen MR) is 127 cm³/mol.